The van der Waals surface area contributed by atoms with Crippen molar-refractivity contribution in [3.63, 3.8) is 0 Å². The summed E-state index contributed by atoms with van der Waals surface area (Å²) in [5.41, 5.74) is 5.34. The Bertz CT molecular complexity index is 318. The summed E-state index contributed by atoms with van der Waals surface area (Å²) in [6, 6.07) is 2.11. The van der Waals surface area contributed by atoms with E-state index < -0.39 is 11.6 Å². The Kier molecular flexibility index (Phi) is 3.88. The van der Waals surface area contributed by atoms with Crippen molar-refractivity contribution < 1.29 is 13.5 Å². The van der Waals surface area contributed by atoms with Gasteiger partial charge in [-0.2, -0.15) is 0 Å². The van der Waals surface area contributed by atoms with E-state index in [2.05, 4.69) is 0 Å². The van der Waals surface area contributed by atoms with Crippen molar-refractivity contribution in [1.82, 2.24) is 0 Å². The highest BCUT2D eigenvalue weighted by Gasteiger charge is 2.14. The van der Waals surface area contributed by atoms with E-state index >= 15 is 0 Å². The van der Waals surface area contributed by atoms with Crippen molar-refractivity contribution in [2.75, 3.05) is 5.73 Å². The molecule has 1 rings (SSSR count). The minimum atomic E-state index is -0.754. The lowest BCUT2D eigenvalue weighted by Crippen LogP contribution is -2.13. The largest absolute Gasteiger partial charge is 0.485 e. The molecule has 0 bridgehead atoms. The zero-order valence-corrected chi connectivity index (χ0v) is 8.89. The molecular weight excluding hydrogens is 200 g/mol. The molecule has 0 heterocycles. The SMILES string of the molecule is CCCC(C)Oc1c(F)cc(N)cc1F. The van der Waals surface area contributed by atoms with Gasteiger partial charge in [-0.25, -0.2) is 8.78 Å². The lowest BCUT2D eigenvalue weighted by molar-refractivity contribution is 0.191. The average molecular weight is 215 g/mol. The molecule has 2 nitrogen and oxygen atoms in total. The van der Waals surface area contributed by atoms with Crippen LogP contribution in [0.1, 0.15) is 26.7 Å². The number of benzene rings is 1. The molecular formula is C11H15F2NO. The number of hydrogen-bond acceptors (Lipinski definition) is 2. The monoisotopic (exact) mass is 215 g/mol. The molecule has 1 aromatic rings. The van der Waals surface area contributed by atoms with Crippen molar-refractivity contribution in [3.8, 4) is 5.75 Å². The van der Waals surface area contributed by atoms with Crippen LogP contribution in [-0.4, -0.2) is 6.10 Å². The van der Waals surface area contributed by atoms with Crippen molar-refractivity contribution in [2.24, 2.45) is 0 Å². The van der Waals surface area contributed by atoms with E-state index in [-0.39, 0.29) is 17.5 Å². The van der Waals surface area contributed by atoms with E-state index in [1.54, 1.807) is 6.92 Å². The van der Waals surface area contributed by atoms with Crippen LogP contribution in [0.5, 0.6) is 5.75 Å². The molecule has 2 N–H and O–H groups in total. The third-order valence-electron chi connectivity index (χ3n) is 2.03. The van der Waals surface area contributed by atoms with E-state index in [0.717, 1.165) is 25.0 Å². The highest BCUT2D eigenvalue weighted by atomic mass is 19.1. The molecule has 84 valence electrons. The third kappa shape index (κ3) is 3.08. The third-order valence-corrected chi connectivity index (χ3v) is 2.03. The van der Waals surface area contributed by atoms with Gasteiger partial charge in [0.15, 0.2) is 17.4 Å². The van der Waals surface area contributed by atoms with Crippen LogP contribution in [0.15, 0.2) is 12.1 Å². The van der Waals surface area contributed by atoms with Gasteiger partial charge < -0.3 is 10.5 Å². The first-order valence-electron chi connectivity index (χ1n) is 4.95. The predicted molar refractivity (Wildman–Crippen MR) is 55.8 cm³/mol. The Morgan fingerprint density at radius 1 is 1.33 bits per heavy atom. The minimum absolute atomic E-state index is 0.0560. The van der Waals surface area contributed by atoms with Crippen LogP contribution in [0.4, 0.5) is 14.5 Å². The zero-order chi connectivity index (χ0) is 11.4. The number of ether oxygens (including phenoxy) is 1. The summed E-state index contributed by atoms with van der Waals surface area (Å²) < 4.78 is 31.7. The van der Waals surface area contributed by atoms with E-state index in [1.807, 2.05) is 6.92 Å². The second-order valence-electron chi connectivity index (χ2n) is 3.53. The highest BCUT2D eigenvalue weighted by Crippen LogP contribution is 2.25. The van der Waals surface area contributed by atoms with Crippen LogP contribution in [0, 0.1) is 11.6 Å². The number of anilines is 1. The second kappa shape index (κ2) is 4.96. The summed E-state index contributed by atoms with van der Waals surface area (Å²) in [7, 11) is 0. The summed E-state index contributed by atoms with van der Waals surface area (Å²) in [5, 5.41) is 0. The first-order valence-corrected chi connectivity index (χ1v) is 4.95. The van der Waals surface area contributed by atoms with Crippen LogP contribution in [0.2, 0.25) is 0 Å². The van der Waals surface area contributed by atoms with E-state index in [1.165, 1.54) is 0 Å². The molecule has 0 saturated heterocycles. The van der Waals surface area contributed by atoms with Gasteiger partial charge in [-0.3, -0.25) is 0 Å². The molecule has 1 unspecified atom stereocenters. The molecule has 0 aromatic heterocycles. The molecule has 0 aliphatic heterocycles. The van der Waals surface area contributed by atoms with Gasteiger partial charge in [0.25, 0.3) is 0 Å². The lowest BCUT2D eigenvalue weighted by atomic mass is 10.2. The smallest absolute Gasteiger partial charge is 0.191 e. The Hall–Kier alpha value is -1.32. The summed E-state index contributed by atoms with van der Waals surface area (Å²) in [5.74, 6) is -1.85. The Morgan fingerprint density at radius 2 is 1.87 bits per heavy atom. The van der Waals surface area contributed by atoms with Crippen LogP contribution in [0.3, 0.4) is 0 Å². The topological polar surface area (TPSA) is 35.2 Å². The van der Waals surface area contributed by atoms with E-state index in [4.69, 9.17) is 10.5 Å². The van der Waals surface area contributed by atoms with Crippen LogP contribution < -0.4 is 10.5 Å². The van der Waals surface area contributed by atoms with Gasteiger partial charge in [0.2, 0.25) is 0 Å². The van der Waals surface area contributed by atoms with Crippen LogP contribution in [0.25, 0.3) is 0 Å². The van der Waals surface area contributed by atoms with E-state index in [0.29, 0.717) is 0 Å². The number of nitrogen functional groups attached to an aromatic ring is 1. The normalized spacial score (nSPS) is 12.5. The molecule has 0 aliphatic rings. The average Bonchev–Trinajstić information content (AvgIpc) is 2.11. The molecule has 1 aromatic carbocycles. The second-order valence-corrected chi connectivity index (χ2v) is 3.53. The molecule has 0 fully saturated rings. The summed E-state index contributed by atoms with van der Waals surface area (Å²) in [4.78, 5) is 0. The van der Waals surface area contributed by atoms with Crippen molar-refractivity contribution in [1.29, 1.82) is 0 Å². The highest BCUT2D eigenvalue weighted by molar-refractivity contribution is 5.44. The predicted octanol–water partition coefficient (Wildman–Crippen LogP) is 3.11. The van der Waals surface area contributed by atoms with Crippen LogP contribution >= 0.6 is 0 Å². The molecule has 0 radical (unpaired) electrons. The molecule has 1 atom stereocenters. The lowest BCUT2D eigenvalue weighted by Gasteiger charge is -2.15. The molecule has 0 amide bonds. The molecule has 4 heteroatoms. The zero-order valence-electron chi connectivity index (χ0n) is 8.89. The minimum Gasteiger partial charge on any atom is -0.485 e. The van der Waals surface area contributed by atoms with Gasteiger partial charge in [-0.05, 0) is 13.3 Å². The fourth-order valence-corrected chi connectivity index (χ4v) is 1.36. The van der Waals surface area contributed by atoms with Gasteiger partial charge in [0, 0.05) is 17.8 Å². The van der Waals surface area contributed by atoms with Crippen molar-refractivity contribution in [3.05, 3.63) is 23.8 Å². The molecule has 0 saturated carbocycles. The first-order chi connectivity index (χ1) is 7.04. The number of nitrogens with two attached hydrogens (primary N) is 1. The Labute approximate surface area is 88.0 Å². The number of rotatable bonds is 4. The number of hydrogen-bond donors (Lipinski definition) is 1. The summed E-state index contributed by atoms with van der Waals surface area (Å²) >= 11 is 0. The van der Waals surface area contributed by atoms with Crippen molar-refractivity contribution >= 4 is 5.69 Å². The van der Waals surface area contributed by atoms with E-state index in [9.17, 15) is 8.78 Å². The quantitative estimate of drug-likeness (QED) is 0.783. The fraction of sp³-hybridized carbons (Fsp3) is 0.455. The Balaban J connectivity index is 2.85. The molecule has 0 aliphatic carbocycles. The maximum Gasteiger partial charge on any atom is 0.191 e. The maximum absolute atomic E-state index is 13.3. The standard InChI is InChI=1S/C11H15F2NO/c1-3-4-7(2)15-11-9(12)5-8(14)6-10(11)13/h5-7H,3-4,14H2,1-2H3. The van der Waals surface area contributed by atoms with Gasteiger partial charge in [0.05, 0.1) is 6.10 Å². The maximum atomic E-state index is 13.3. The molecule has 15 heavy (non-hydrogen) atoms. The van der Waals surface area contributed by atoms with Gasteiger partial charge in [-0.1, -0.05) is 13.3 Å². The molecule has 0 spiro atoms. The van der Waals surface area contributed by atoms with Crippen LogP contribution in [-0.2, 0) is 0 Å². The number of halogens is 2. The van der Waals surface area contributed by atoms with Gasteiger partial charge in [0.1, 0.15) is 0 Å². The van der Waals surface area contributed by atoms with Crippen molar-refractivity contribution in [2.45, 2.75) is 32.8 Å². The summed E-state index contributed by atoms with van der Waals surface area (Å²) in [6.45, 7) is 3.76. The Morgan fingerprint density at radius 3 is 2.33 bits per heavy atom. The van der Waals surface area contributed by atoms with Gasteiger partial charge >= 0.3 is 0 Å². The summed E-state index contributed by atoms with van der Waals surface area (Å²) in [6.07, 6.45) is 1.45. The van der Waals surface area contributed by atoms with Gasteiger partial charge in [-0.15, -0.1) is 0 Å². The fourth-order valence-electron chi connectivity index (χ4n) is 1.36. The first kappa shape index (κ1) is 11.8.